The fraction of sp³-hybridized carbons (Fsp3) is 0.333. The second-order valence-electron chi connectivity index (χ2n) is 6.13. The van der Waals surface area contributed by atoms with Gasteiger partial charge < -0.3 is 9.97 Å². The molecule has 2 aromatic rings. The molecular weight excluding hydrogens is 288 g/mol. The van der Waals surface area contributed by atoms with E-state index < -0.39 is 0 Å². The number of hydrogen-bond acceptors (Lipinski definition) is 3. The van der Waals surface area contributed by atoms with Crippen molar-refractivity contribution in [3.63, 3.8) is 0 Å². The van der Waals surface area contributed by atoms with Crippen molar-refractivity contribution in [1.29, 1.82) is 0 Å². The third-order valence-electron chi connectivity index (χ3n) is 4.20. The maximum atomic E-state index is 12.0. The Hall–Kier alpha value is -2.40. The molecule has 1 fully saturated rings. The molecule has 0 amide bonds. The molecule has 1 saturated heterocycles. The number of aromatic amines is 2. The Morgan fingerprint density at radius 3 is 2.65 bits per heavy atom. The highest BCUT2D eigenvalue weighted by Crippen LogP contribution is 2.26. The first-order valence-corrected chi connectivity index (χ1v) is 7.95. The minimum atomic E-state index is -0.156. The van der Waals surface area contributed by atoms with Crippen molar-refractivity contribution in [2.24, 2.45) is 5.92 Å². The van der Waals surface area contributed by atoms with E-state index >= 15 is 0 Å². The van der Waals surface area contributed by atoms with Gasteiger partial charge in [0.05, 0.1) is 5.69 Å². The number of nitrogens with one attached hydrogen (secondary N) is 2. The van der Waals surface area contributed by atoms with E-state index in [9.17, 15) is 4.79 Å². The van der Waals surface area contributed by atoms with Crippen molar-refractivity contribution in [1.82, 2.24) is 19.9 Å². The third-order valence-corrected chi connectivity index (χ3v) is 4.20. The molecule has 0 spiro atoms. The molecule has 1 aliphatic heterocycles. The van der Waals surface area contributed by atoms with Gasteiger partial charge in [0.15, 0.2) is 0 Å². The summed E-state index contributed by atoms with van der Waals surface area (Å²) in [6, 6.07) is 11.5. The SMILES string of the molecule is CC1CN(C(C)c2c[nH]c(-c3ccccc3)nccc(=O)[nH]2)C1. The number of rotatable bonds is 3. The lowest BCUT2D eigenvalue weighted by atomic mass is 9.99. The summed E-state index contributed by atoms with van der Waals surface area (Å²) in [5.41, 5.74) is 1.68. The Kier molecular flexibility index (Phi) is 4.57. The van der Waals surface area contributed by atoms with Gasteiger partial charge in [0.1, 0.15) is 5.82 Å². The van der Waals surface area contributed by atoms with Crippen LogP contribution in [0.25, 0.3) is 11.4 Å². The van der Waals surface area contributed by atoms with Crippen molar-refractivity contribution in [3.05, 3.63) is 64.8 Å². The molecule has 1 unspecified atom stereocenters. The van der Waals surface area contributed by atoms with Crippen LogP contribution in [0, 0.1) is 5.92 Å². The molecule has 1 aromatic carbocycles. The number of aromatic nitrogens is 3. The van der Waals surface area contributed by atoms with Crippen molar-refractivity contribution in [3.8, 4) is 11.4 Å². The van der Waals surface area contributed by atoms with E-state index in [0.717, 1.165) is 36.1 Å². The highest BCUT2D eigenvalue weighted by Gasteiger charge is 2.27. The molecule has 2 N–H and O–H groups in total. The number of H-pyrrole nitrogens is 2. The van der Waals surface area contributed by atoms with E-state index in [0.29, 0.717) is 0 Å². The fourth-order valence-corrected chi connectivity index (χ4v) is 2.82. The zero-order valence-corrected chi connectivity index (χ0v) is 13.5. The van der Waals surface area contributed by atoms with Crippen molar-refractivity contribution in [2.75, 3.05) is 13.1 Å². The summed E-state index contributed by atoms with van der Waals surface area (Å²) in [7, 11) is 0. The monoisotopic (exact) mass is 310 g/mol. The zero-order valence-electron chi connectivity index (χ0n) is 13.5. The second kappa shape index (κ2) is 6.79. The van der Waals surface area contributed by atoms with Gasteiger partial charge in [0.25, 0.3) is 0 Å². The van der Waals surface area contributed by atoms with Crippen LogP contribution in [-0.4, -0.2) is 32.9 Å². The van der Waals surface area contributed by atoms with Gasteiger partial charge in [-0.3, -0.25) is 9.69 Å². The Morgan fingerprint density at radius 1 is 1.22 bits per heavy atom. The fourth-order valence-electron chi connectivity index (χ4n) is 2.82. The van der Waals surface area contributed by atoms with E-state index in [2.05, 4.69) is 33.7 Å². The summed E-state index contributed by atoms with van der Waals surface area (Å²) in [4.78, 5) is 24.9. The Bertz CT molecular complexity index is 758. The number of hydrogen-bond donors (Lipinski definition) is 2. The lowest BCUT2D eigenvalue weighted by Crippen LogP contribution is -2.46. The van der Waals surface area contributed by atoms with Gasteiger partial charge in [-0.25, -0.2) is 4.98 Å². The summed E-state index contributed by atoms with van der Waals surface area (Å²) in [5.74, 6) is 1.44. The van der Waals surface area contributed by atoms with Crippen LogP contribution >= 0.6 is 0 Å². The number of benzene rings is 1. The van der Waals surface area contributed by atoms with Gasteiger partial charge in [-0.05, 0) is 12.8 Å². The molecule has 2 heterocycles. The summed E-state index contributed by atoms with van der Waals surface area (Å²) in [6.07, 6.45) is 3.38. The van der Waals surface area contributed by atoms with Gasteiger partial charge >= 0.3 is 0 Å². The van der Waals surface area contributed by atoms with Crippen molar-refractivity contribution < 1.29 is 0 Å². The average Bonchev–Trinajstić information content (AvgIpc) is 2.62. The molecule has 0 aliphatic carbocycles. The van der Waals surface area contributed by atoms with Crippen molar-refractivity contribution in [2.45, 2.75) is 19.9 Å². The quantitative estimate of drug-likeness (QED) is 0.916. The number of nitrogens with zero attached hydrogens (tertiary/aromatic N) is 2. The molecule has 5 nitrogen and oxygen atoms in total. The highest BCUT2D eigenvalue weighted by atomic mass is 16.1. The smallest absolute Gasteiger partial charge is 0.249 e. The summed E-state index contributed by atoms with van der Waals surface area (Å²) in [6.45, 7) is 6.47. The lowest BCUT2D eigenvalue weighted by molar-refractivity contribution is 0.0682. The predicted molar refractivity (Wildman–Crippen MR) is 91.4 cm³/mol. The van der Waals surface area contributed by atoms with Gasteiger partial charge in [-0.1, -0.05) is 37.3 Å². The summed E-state index contributed by atoms with van der Waals surface area (Å²) in [5, 5.41) is 0. The van der Waals surface area contributed by atoms with E-state index in [-0.39, 0.29) is 11.6 Å². The van der Waals surface area contributed by atoms with Crippen LogP contribution < -0.4 is 5.56 Å². The molecule has 5 heteroatoms. The molecule has 3 rings (SSSR count). The topological polar surface area (TPSA) is 64.8 Å². The summed E-state index contributed by atoms with van der Waals surface area (Å²) < 4.78 is 0. The van der Waals surface area contributed by atoms with E-state index in [1.165, 1.54) is 12.3 Å². The van der Waals surface area contributed by atoms with E-state index in [1.54, 1.807) is 0 Å². The summed E-state index contributed by atoms with van der Waals surface area (Å²) >= 11 is 0. The molecule has 0 bridgehead atoms. The first kappa shape index (κ1) is 15.5. The largest absolute Gasteiger partial charge is 0.344 e. The molecular formula is C18H22N4O. The first-order chi connectivity index (χ1) is 11.1. The lowest BCUT2D eigenvalue weighted by Gasteiger charge is -2.41. The van der Waals surface area contributed by atoms with Crippen LogP contribution in [0.5, 0.6) is 0 Å². The zero-order chi connectivity index (χ0) is 16.2. The molecule has 0 radical (unpaired) electrons. The standard InChI is InChI=1S/C18H22N4O/c1-13-11-22(12-13)14(2)16-10-20-18(15-6-4-3-5-7-15)19-9-8-17(23)21-16/h3-10,13-14H,11-12H2,1-2H3,(H,19,20)(H,21,23). The molecule has 120 valence electrons. The average molecular weight is 310 g/mol. The van der Waals surface area contributed by atoms with Gasteiger partial charge in [0, 0.05) is 43.2 Å². The minimum absolute atomic E-state index is 0.156. The minimum Gasteiger partial charge on any atom is -0.344 e. The van der Waals surface area contributed by atoms with Crippen LogP contribution in [0.3, 0.4) is 0 Å². The van der Waals surface area contributed by atoms with Crippen LogP contribution in [0.2, 0.25) is 0 Å². The second-order valence-corrected chi connectivity index (χ2v) is 6.13. The number of likely N-dealkylation sites (tertiary alicyclic amines) is 1. The van der Waals surface area contributed by atoms with Crippen LogP contribution in [0.15, 0.2) is 53.6 Å². The third kappa shape index (κ3) is 3.68. The molecule has 1 aliphatic rings. The Balaban J connectivity index is 2.01. The van der Waals surface area contributed by atoms with Gasteiger partial charge in [-0.2, -0.15) is 0 Å². The van der Waals surface area contributed by atoms with Gasteiger partial charge in [0.2, 0.25) is 5.56 Å². The van der Waals surface area contributed by atoms with Gasteiger partial charge in [-0.15, -0.1) is 0 Å². The predicted octanol–water partition coefficient (Wildman–Crippen LogP) is 2.90. The maximum absolute atomic E-state index is 12.0. The first-order valence-electron chi connectivity index (χ1n) is 7.95. The van der Waals surface area contributed by atoms with E-state index in [4.69, 9.17) is 0 Å². The molecule has 0 saturated carbocycles. The van der Waals surface area contributed by atoms with Crippen LogP contribution in [-0.2, 0) is 0 Å². The Labute approximate surface area is 135 Å². The van der Waals surface area contributed by atoms with Crippen LogP contribution in [0.4, 0.5) is 0 Å². The maximum Gasteiger partial charge on any atom is 0.249 e. The van der Waals surface area contributed by atoms with E-state index in [1.807, 2.05) is 36.5 Å². The van der Waals surface area contributed by atoms with Crippen LogP contribution in [0.1, 0.15) is 25.6 Å². The Morgan fingerprint density at radius 2 is 1.96 bits per heavy atom. The van der Waals surface area contributed by atoms with Crippen molar-refractivity contribution >= 4 is 0 Å². The highest BCUT2D eigenvalue weighted by molar-refractivity contribution is 5.53. The normalized spacial score (nSPS) is 16.4. The molecule has 1 aromatic heterocycles. The molecule has 1 atom stereocenters. The molecule has 23 heavy (non-hydrogen) atoms.